The van der Waals surface area contributed by atoms with Gasteiger partial charge in [-0.15, -0.1) is 0 Å². The van der Waals surface area contributed by atoms with Crippen molar-refractivity contribution < 1.29 is 0 Å². The summed E-state index contributed by atoms with van der Waals surface area (Å²) in [6.07, 6.45) is 1.81. The minimum Gasteiger partial charge on any atom is -0.310 e. The number of halogens is 2. The monoisotopic (exact) mass is 308 g/mol. The van der Waals surface area contributed by atoms with Crippen molar-refractivity contribution in [2.45, 2.75) is 25.8 Å². The topological polar surface area (TPSA) is 24.9 Å². The zero-order chi connectivity index (χ0) is 14.5. The number of hydrogen-bond donors (Lipinski definition) is 1. The summed E-state index contributed by atoms with van der Waals surface area (Å²) in [6, 6.07) is 11.6. The van der Waals surface area contributed by atoms with Crippen molar-refractivity contribution in [3.8, 4) is 0 Å². The first kappa shape index (κ1) is 15.3. The molecule has 0 fully saturated rings. The number of rotatable bonds is 5. The molecule has 20 heavy (non-hydrogen) atoms. The molecule has 0 aliphatic rings. The minimum atomic E-state index is 0.0381. The SMILES string of the molecule is CCNC(c1c(Cl)cccc1Cl)C(C)c1ccccn1. The Morgan fingerprint density at radius 1 is 1.10 bits per heavy atom. The van der Waals surface area contributed by atoms with E-state index in [2.05, 4.69) is 24.1 Å². The molecule has 2 rings (SSSR count). The van der Waals surface area contributed by atoms with Gasteiger partial charge in [-0.3, -0.25) is 4.98 Å². The Hall–Kier alpha value is -1.09. The molecule has 0 aliphatic carbocycles. The highest BCUT2D eigenvalue weighted by Gasteiger charge is 2.25. The largest absolute Gasteiger partial charge is 0.310 e. The van der Waals surface area contributed by atoms with E-state index in [1.165, 1.54) is 0 Å². The lowest BCUT2D eigenvalue weighted by Gasteiger charge is -2.26. The van der Waals surface area contributed by atoms with Crippen molar-refractivity contribution in [3.63, 3.8) is 0 Å². The lowest BCUT2D eigenvalue weighted by atomic mass is 9.91. The summed E-state index contributed by atoms with van der Waals surface area (Å²) in [4.78, 5) is 4.44. The number of nitrogens with one attached hydrogen (secondary N) is 1. The zero-order valence-electron chi connectivity index (χ0n) is 11.6. The van der Waals surface area contributed by atoms with Crippen LogP contribution in [-0.4, -0.2) is 11.5 Å². The molecular weight excluding hydrogens is 291 g/mol. The second-order valence-corrected chi connectivity index (χ2v) is 5.53. The van der Waals surface area contributed by atoms with Gasteiger partial charge in [0, 0.05) is 39.5 Å². The second kappa shape index (κ2) is 7.07. The van der Waals surface area contributed by atoms with Crippen molar-refractivity contribution in [2.75, 3.05) is 6.54 Å². The zero-order valence-corrected chi connectivity index (χ0v) is 13.1. The van der Waals surface area contributed by atoms with Gasteiger partial charge in [-0.05, 0) is 30.8 Å². The Kier molecular flexibility index (Phi) is 5.41. The van der Waals surface area contributed by atoms with Gasteiger partial charge in [0.2, 0.25) is 0 Å². The molecule has 1 N–H and O–H groups in total. The Labute approximate surface area is 130 Å². The molecule has 2 unspecified atom stereocenters. The molecule has 0 saturated carbocycles. The number of hydrogen-bond acceptors (Lipinski definition) is 2. The van der Waals surface area contributed by atoms with E-state index in [9.17, 15) is 0 Å². The highest BCUT2D eigenvalue weighted by Crippen LogP contribution is 2.37. The van der Waals surface area contributed by atoms with Gasteiger partial charge in [0.15, 0.2) is 0 Å². The second-order valence-electron chi connectivity index (χ2n) is 4.71. The summed E-state index contributed by atoms with van der Waals surface area (Å²) < 4.78 is 0. The van der Waals surface area contributed by atoms with E-state index in [0.717, 1.165) is 17.8 Å². The van der Waals surface area contributed by atoms with Gasteiger partial charge >= 0.3 is 0 Å². The molecule has 0 aliphatic heterocycles. The van der Waals surface area contributed by atoms with Gasteiger partial charge in [0.05, 0.1) is 0 Å². The molecule has 0 radical (unpaired) electrons. The van der Waals surface area contributed by atoms with E-state index in [0.29, 0.717) is 10.0 Å². The molecule has 4 heteroatoms. The van der Waals surface area contributed by atoms with E-state index >= 15 is 0 Å². The van der Waals surface area contributed by atoms with Crippen LogP contribution in [0, 0.1) is 0 Å². The molecule has 1 aromatic carbocycles. The lowest BCUT2D eigenvalue weighted by molar-refractivity contribution is 0.472. The lowest BCUT2D eigenvalue weighted by Crippen LogP contribution is -2.26. The molecule has 1 aromatic heterocycles. The number of nitrogens with zero attached hydrogens (tertiary/aromatic N) is 1. The number of pyridine rings is 1. The molecule has 2 aromatic rings. The number of likely N-dealkylation sites (N-methyl/N-ethyl adjacent to an activating group) is 1. The summed E-state index contributed by atoms with van der Waals surface area (Å²) in [6.45, 7) is 5.04. The quantitative estimate of drug-likeness (QED) is 0.854. The minimum absolute atomic E-state index is 0.0381. The van der Waals surface area contributed by atoms with Gasteiger partial charge < -0.3 is 5.32 Å². The fraction of sp³-hybridized carbons (Fsp3) is 0.312. The van der Waals surface area contributed by atoms with Crippen molar-refractivity contribution in [2.24, 2.45) is 0 Å². The highest BCUT2D eigenvalue weighted by molar-refractivity contribution is 6.36. The first-order chi connectivity index (χ1) is 9.65. The Balaban J connectivity index is 2.41. The molecular formula is C16H18Cl2N2. The van der Waals surface area contributed by atoms with Gasteiger partial charge in [0.1, 0.15) is 0 Å². The third-order valence-electron chi connectivity index (χ3n) is 3.39. The maximum atomic E-state index is 6.35. The molecule has 2 nitrogen and oxygen atoms in total. The van der Waals surface area contributed by atoms with Crippen LogP contribution in [0.2, 0.25) is 10.0 Å². The van der Waals surface area contributed by atoms with Crippen LogP contribution in [0.25, 0.3) is 0 Å². The standard InChI is InChI=1S/C16H18Cl2N2/c1-3-19-16(11(2)14-9-4-5-10-20-14)15-12(17)7-6-8-13(15)18/h4-11,16,19H,3H2,1-2H3. The Bertz CT molecular complexity index is 537. The Morgan fingerprint density at radius 2 is 1.80 bits per heavy atom. The van der Waals surface area contributed by atoms with E-state index in [1.54, 1.807) is 0 Å². The Morgan fingerprint density at radius 3 is 2.35 bits per heavy atom. The van der Waals surface area contributed by atoms with E-state index < -0.39 is 0 Å². The molecule has 0 saturated heterocycles. The molecule has 106 valence electrons. The maximum Gasteiger partial charge on any atom is 0.0468 e. The molecule has 2 atom stereocenters. The van der Waals surface area contributed by atoms with Gasteiger partial charge in [-0.1, -0.05) is 49.2 Å². The molecule has 1 heterocycles. The predicted molar refractivity (Wildman–Crippen MR) is 85.5 cm³/mol. The van der Waals surface area contributed by atoms with Gasteiger partial charge in [-0.2, -0.15) is 0 Å². The van der Waals surface area contributed by atoms with E-state index in [4.69, 9.17) is 23.2 Å². The van der Waals surface area contributed by atoms with Crippen LogP contribution in [0.4, 0.5) is 0 Å². The summed E-state index contributed by atoms with van der Waals surface area (Å²) in [5, 5.41) is 4.84. The van der Waals surface area contributed by atoms with Crippen molar-refractivity contribution in [3.05, 3.63) is 63.9 Å². The fourth-order valence-corrected chi connectivity index (χ4v) is 3.01. The van der Waals surface area contributed by atoms with Gasteiger partial charge in [-0.25, -0.2) is 0 Å². The number of benzene rings is 1. The van der Waals surface area contributed by atoms with E-state index in [1.807, 2.05) is 42.6 Å². The van der Waals surface area contributed by atoms with Crippen LogP contribution in [0.5, 0.6) is 0 Å². The molecule has 0 amide bonds. The van der Waals surface area contributed by atoms with Crippen molar-refractivity contribution in [1.29, 1.82) is 0 Å². The first-order valence-electron chi connectivity index (χ1n) is 6.73. The summed E-state index contributed by atoms with van der Waals surface area (Å²) in [5.74, 6) is 0.175. The maximum absolute atomic E-state index is 6.35. The average molecular weight is 309 g/mol. The third-order valence-corrected chi connectivity index (χ3v) is 4.05. The normalized spacial score (nSPS) is 14.0. The predicted octanol–water partition coefficient (Wildman–Crippen LogP) is 4.84. The highest BCUT2D eigenvalue weighted by atomic mass is 35.5. The summed E-state index contributed by atoms with van der Waals surface area (Å²) >= 11 is 12.7. The fourth-order valence-electron chi connectivity index (χ4n) is 2.37. The summed E-state index contributed by atoms with van der Waals surface area (Å²) in [7, 11) is 0. The van der Waals surface area contributed by atoms with Gasteiger partial charge in [0.25, 0.3) is 0 Å². The van der Waals surface area contributed by atoms with E-state index in [-0.39, 0.29) is 12.0 Å². The first-order valence-corrected chi connectivity index (χ1v) is 7.49. The van der Waals surface area contributed by atoms with Crippen LogP contribution in [-0.2, 0) is 0 Å². The van der Waals surface area contributed by atoms with Crippen LogP contribution in [0.3, 0.4) is 0 Å². The third kappa shape index (κ3) is 3.32. The van der Waals surface area contributed by atoms with Crippen molar-refractivity contribution >= 4 is 23.2 Å². The van der Waals surface area contributed by atoms with Crippen LogP contribution in [0.1, 0.15) is 37.1 Å². The number of aromatic nitrogens is 1. The van der Waals surface area contributed by atoms with Crippen molar-refractivity contribution in [1.82, 2.24) is 10.3 Å². The summed E-state index contributed by atoms with van der Waals surface area (Å²) in [5.41, 5.74) is 1.96. The molecule has 0 bridgehead atoms. The van der Waals surface area contributed by atoms with Crippen LogP contribution < -0.4 is 5.32 Å². The molecule has 0 spiro atoms. The smallest absolute Gasteiger partial charge is 0.0468 e. The van der Waals surface area contributed by atoms with Crippen LogP contribution in [0.15, 0.2) is 42.6 Å². The average Bonchev–Trinajstić information content (AvgIpc) is 2.46. The van der Waals surface area contributed by atoms with Crippen LogP contribution >= 0.6 is 23.2 Å².